The number of hydrogen-bond donors (Lipinski definition) is 3. The fraction of sp³-hybridized carbons (Fsp3) is 0.529. The maximum atomic E-state index is 10.4. The third-order valence-corrected chi connectivity index (χ3v) is 3.73. The summed E-state index contributed by atoms with van der Waals surface area (Å²) < 4.78 is 4.86. The molecule has 142 valence electrons. The first-order chi connectivity index (χ1) is 11.8. The summed E-state index contributed by atoms with van der Waals surface area (Å²) in [6.45, 7) is -0.415. The van der Waals surface area contributed by atoms with Crippen molar-refractivity contribution < 1.29 is 24.5 Å². The fourth-order valence-corrected chi connectivity index (χ4v) is 2.54. The highest BCUT2D eigenvalue weighted by Crippen LogP contribution is 2.27. The molecule has 0 aromatic heterocycles. The monoisotopic (exact) mass is 393 g/mol. The van der Waals surface area contributed by atoms with Gasteiger partial charge in [0.2, 0.25) is 0 Å². The Hall–Kier alpha value is -1.50. The first-order valence-electron chi connectivity index (χ1n) is 7.92. The van der Waals surface area contributed by atoms with Crippen LogP contribution in [-0.2, 0) is 9.59 Å². The Morgan fingerprint density at radius 2 is 1.72 bits per heavy atom. The Kier molecular flexibility index (Phi) is 12.9. The molecule has 0 aliphatic heterocycles. The van der Waals surface area contributed by atoms with Crippen molar-refractivity contribution in [2.75, 3.05) is 20.7 Å². The molecular formula is C17H25Cl2NO5. The zero-order valence-electron chi connectivity index (χ0n) is 14.4. The summed E-state index contributed by atoms with van der Waals surface area (Å²) in [5, 5.41) is 20.4. The molecule has 0 amide bonds. The molecule has 0 heterocycles. The minimum absolute atomic E-state index is 0.0289. The van der Waals surface area contributed by atoms with Gasteiger partial charge in [-0.05, 0) is 45.1 Å². The Balaban J connectivity index is 0.000000417. The quantitative estimate of drug-likeness (QED) is 0.716. The van der Waals surface area contributed by atoms with Crippen LogP contribution in [0, 0.1) is 5.92 Å². The van der Waals surface area contributed by atoms with Crippen LogP contribution >= 0.6 is 23.2 Å². The first-order valence-corrected chi connectivity index (χ1v) is 8.68. The van der Waals surface area contributed by atoms with Gasteiger partial charge in [0.25, 0.3) is 0 Å². The predicted octanol–water partition coefficient (Wildman–Crippen LogP) is 3.94. The minimum atomic E-state index is -1.05. The first kappa shape index (κ1) is 23.5. The van der Waals surface area contributed by atoms with E-state index in [1.54, 1.807) is 6.07 Å². The lowest BCUT2D eigenvalue weighted by Gasteiger charge is -2.16. The molecular weight excluding hydrogens is 369 g/mol. The van der Waals surface area contributed by atoms with Crippen LogP contribution in [0.5, 0.6) is 5.75 Å². The molecule has 1 aliphatic rings. The molecule has 0 radical (unpaired) electrons. The lowest BCUT2D eigenvalue weighted by molar-refractivity contribution is -0.143. The average molecular weight is 394 g/mol. The summed E-state index contributed by atoms with van der Waals surface area (Å²) in [6, 6.07) is 4.58. The summed E-state index contributed by atoms with van der Waals surface area (Å²) in [5.41, 5.74) is 0. The lowest BCUT2D eigenvalue weighted by atomic mass is 9.90. The molecule has 0 atom stereocenters. The fourth-order valence-electron chi connectivity index (χ4n) is 2.08. The van der Waals surface area contributed by atoms with E-state index in [9.17, 15) is 9.59 Å². The second-order valence-electron chi connectivity index (χ2n) is 5.43. The number of rotatable bonds is 4. The smallest absolute Gasteiger partial charge is 0.341 e. The third kappa shape index (κ3) is 11.6. The van der Waals surface area contributed by atoms with Crippen molar-refractivity contribution in [1.29, 1.82) is 0 Å². The van der Waals surface area contributed by atoms with Crippen LogP contribution in [0.15, 0.2) is 18.2 Å². The lowest BCUT2D eigenvalue weighted by Crippen LogP contribution is -2.16. The number of hydrogen-bond acceptors (Lipinski definition) is 4. The van der Waals surface area contributed by atoms with Gasteiger partial charge in [0, 0.05) is 5.02 Å². The van der Waals surface area contributed by atoms with E-state index in [1.807, 2.05) is 14.1 Å². The third-order valence-electron chi connectivity index (χ3n) is 3.20. The Morgan fingerprint density at radius 3 is 2.12 bits per heavy atom. The maximum Gasteiger partial charge on any atom is 0.341 e. The Bertz CT molecular complexity index is 534. The summed E-state index contributed by atoms with van der Waals surface area (Å²) in [7, 11) is 3.75. The van der Waals surface area contributed by atoms with Crippen molar-refractivity contribution in [2.24, 2.45) is 5.92 Å². The van der Waals surface area contributed by atoms with Crippen molar-refractivity contribution in [3.63, 3.8) is 0 Å². The molecule has 8 heteroatoms. The molecule has 3 N–H and O–H groups in total. The van der Waals surface area contributed by atoms with Gasteiger partial charge in [-0.2, -0.15) is 0 Å². The highest BCUT2D eigenvalue weighted by molar-refractivity contribution is 6.35. The van der Waals surface area contributed by atoms with E-state index in [4.69, 9.17) is 38.2 Å². The largest absolute Gasteiger partial charge is 0.481 e. The number of carboxylic acids is 2. The second-order valence-corrected chi connectivity index (χ2v) is 6.27. The van der Waals surface area contributed by atoms with Crippen LogP contribution in [0.2, 0.25) is 10.0 Å². The van der Waals surface area contributed by atoms with Gasteiger partial charge in [0.1, 0.15) is 5.75 Å². The van der Waals surface area contributed by atoms with Crippen molar-refractivity contribution in [3.8, 4) is 5.75 Å². The van der Waals surface area contributed by atoms with E-state index in [1.165, 1.54) is 18.6 Å². The zero-order chi connectivity index (χ0) is 19.2. The van der Waals surface area contributed by atoms with Gasteiger partial charge in [0.15, 0.2) is 6.61 Å². The van der Waals surface area contributed by atoms with E-state index < -0.39 is 18.5 Å². The molecule has 25 heavy (non-hydrogen) atoms. The number of nitrogens with one attached hydrogen (secondary N) is 1. The molecule has 0 spiro atoms. The topological polar surface area (TPSA) is 95.9 Å². The van der Waals surface area contributed by atoms with Crippen LogP contribution in [0.25, 0.3) is 0 Å². The van der Waals surface area contributed by atoms with Gasteiger partial charge in [-0.25, -0.2) is 4.79 Å². The molecule has 0 unspecified atom stereocenters. The van der Waals surface area contributed by atoms with Gasteiger partial charge < -0.3 is 20.3 Å². The molecule has 6 nitrogen and oxygen atoms in total. The van der Waals surface area contributed by atoms with Crippen LogP contribution < -0.4 is 10.1 Å². The van der Waals surface area contributed by atoms with Crippen LogP contribution in [0.1, 0.15) is 32.1 Å². The van der Waals surface area contributed by atoms with E-state index in [2.05, 4.69) is 5.32 Å². The van der Waals surface area contributed by atoms with Crippen molar-refractivity contribution in [1.82, 2.24) is 5.32 Å². The standard InChI is InChI=1S/C8H6Cl2O3.C7H12O2.C2H7N/c9-5-1-2-7(6(10)3-5)13-4-8(11)12;8-7(9)6-4-2-1-3-5-6;1-3-2/h1-3H,4H2,(H,11,12);6H,1-5H2,(H,8,9);3H,1-2H3. The van der Waals surface area contributed by atoms with Gasteiger partial charge in [0.05, 0.1) is 10.9 Å². The van der Waals surface area contributed by atoms with Crippen molar-refractivity contribution >= 4 is 35.1 Å². The van der Waals surface area contributed by atoms with E-state index in [0.717, 1.165) is 25.7 Å². The minimum Gasteiger partial charge on any atom is -0.481 e. The molecule has 1 aromatic rings. The van der Waals surface area contributed by atoms with E-state index in [0.29, 0.717) is 15.8 Å². The normalized spacial score (nSPS) is 13.6. The summed E-state index contributed by atoms with van der Waals surface area (Å²) in [6.07, 6.45) is 5.24. The van der Waals surface area contributed by atoms with Crippen molar-refractivity contribution in [2.45, 2.75) is 32.1 Å². The van der Waals surface area contributed by atoms with Crippen molar-refractivity contribution in [3.05, 3.63) is 28.2 Å². The average Bonchev–Trinajstić information content (AvgIpc) is 2.56. The van der Waals surface area contributed by atoms with E-state index >= 15 is 0 Å². The summed E-state index contributed by atoms with van der Waals surface area (Å²) in [4.78, 5) is 20.5. The molecule has 1 aromatic carbocycles. The Morgan fingerprint density at radius 1 is 1.16 bits per heavy atom. The highest BCUT2D eigenvalue weighted by atomic mass is 35.5. The molecule has 0 bridgehead atoms. The number of ether oxygens (including phenoxy) is 1. The van der Waals surface area contributed by atoms with Gasteiger partial charge >= 0.3 is 11.9 Å². The number of aliphatic carboxylic acids is 2. The highest BCUT2D eigenvalue weighted by Gasteiger charge is 2.19. The molecule has 2 rings (SSSR count). The number of carboxylic acid groups (broad SMARTS) is 2. The summed E-state index contributed by atoms with van der Waals surface area (Å²) >= 11 is 11.3. The zero-order valence-corrected chi connectivity index (χ0v) is 15.9. The molecule has 1 aliphatic carbocycles. The molecule has 1 saturated carbocycles. The van der Waals surface area contributed by atoms with Crippen LogP contribution in [-0.4, -0.2) is 42.9 Å². The summed E-state index contributed by atoms with van der Waals surface area (Å²) in [5.74, 6) is -1.37. The molecule has 1 fully saturated rings. The van der Waals surface area contributed by atoms with Gasteiger partial charge in [-0.1, -0.05) is 42.5 Å². The van der Waals surface area contributed by atoms with Gasteiger partial charge in [-0.3, -0.25) is 4.79 Å². The molecule has 0 saturated heterocycles. The maximum absolute atomic E-state index is 10.4. The van der Waals surface area contributed by atoms with Gasteiger partial charge in [-0.15, -0.1) is 0 Å². The Labute approximate surface area is 158 Å². The van der Waals surface area contributed by atoms with E-state index in [-0.39, 0.29) is 5.92 Å². The van der Waals surface area contributed by atoms with Crippen LogP contribution in [0.4, 0.5) is 0 Å². The number of halogens is 2. The number of carbonyl (C=O) groups is 2. The number of benzene rings is 1. The second kappa shape index (κ2) is 13.8. The SMILES string of the molecule is CNC.O=C(O)C1CCCCC1.O=C(O)COc1ccc(Cl)cc1Cl. The van der Waals surface area contributed by atoms with Crippen LogP contribution in [0.3, 0.4) is 0 Å². The predicted molar refractivity (Wildman–Crippen MR) is 98.8 cm³/mol.